The molecule has 1 unspecified atom stereocenters. The molecular weight excluding hydrogens is 302 g/mol. The highest BCUT2D eigenvalue weighted by Gasteiger charge is 2.29. The van der Waals surface area contributed by atoms with Crippen molar-refractivity contribution >= 4 is 11.7 Å². The van der Waals surface area contributed by atoms with Crippen LogP contribution in [0.4, 0.5) is 10.5 Å². The normalized spacial score (nSPS) is 15.4. The maximum absolute atomic E-state index is 12.4. The lowest BCUT2D eigenvalue weighted by molar-refractivity contribution is 0.216. The Morgan fingerprint density at radius 2 is 1.96 bits per heavy atom. The van der Waals surface area contributed by atoms with Crippen LogP contribution in [-0.4, -0.2) is 10.6 Å². The van der Waals surface area contributed by atoms with E-state index in [1.165, 1.54) is 12.5 Å². The topological polar surface area (TPSA) is 63.1 Å². The molecule has 2 amide bonds. The first-order chi connectivity index (χ1) is 11.7. The zero-order chi connectivity index (χ0) is 16.9. The Hall–Kier alpha value is -2.56. The number of hydrogen-bond acceptors (Lipinski definition) is 2. The lowest BCUT2D eigenvalue weighted by atomic mass is 9.77. The first-order valence-corrected chi connectivity index (χ1v) is 8.50. The Balaban J connectivity index is 1.71. The van der Waals surface area contributed by atoms with Gasteiger partial charge < -0.3 is 15.2 Å². The Kier molecular flexibility index (Phi) is 4.99. The monoisotopic (exact) mass is 325 g/mol. The molecule has 1 aromatic heterocycles. The van der Waals surface area contributed by atoms with Crippen molar-refractivity contribution in [2.75, 3.05) is 5.32 Å². The minimum atomic E-state index is -0.239. The van der Waals surface area contributed by atoms with Gasteiger partial charge in [0.25, 0.3) is 5.56 Å². The van der Waals surface area contributed by atoms with E-state index in [0.717, 1.165) is 18.4 Å². The Morgan fingerprint density at radius 1 is 1.21 bits per heavy atom. The Labute approximate surface area is 141 Å². The SMILES string of the molecule is CCn1cc(NC(=O)NC(c2ccccc2)C2CCC2)ccc1=O. The molecule has 0 saturated heterocycles. The van der Waals surface area contributed by atoms with E-state index in [4.69, 9.17) is 0 Å². The number of pyridine rings is 1. The van der Waals surface area contributed by atoms with Gasteiger partial charge in [-0.1, -0.05) is 36.8 Å². The van der Waals surface area contributed by atoms with Crippen LogP contribution in [-0.2, 0) is 6.54 Å². The van der Waals surface area contributed by atoms with Crippen LogP contribution in [0.5, 0.6) is 0 Å². The second-order valence-corrected chi connectivity index (χ2v) is 6.22. The average molecular weight is 325 g/mol. The van der Waals surface area contributed by atoms with Crippen molar-refractivity contribution in [1.29, 1.82) is 0 Å². The number of amides is 2. The minimum absolute atomic E-state index is 0.0250. The number of rotatable bonds is 5. The number of carbonyl (C=O) groups is 1. The third-order valence-electron chi connectivity index (χ3n) is 4.65. The number of aromatic nitrogens is 1. The summed E-state index contributed by atoms with van der Waals surface area (Å²) in [5.41, 5.74) is 1.69. The van der Waals surface area contributed by atoms with Gasteiger partial charge in [0.15, 0.2) is 0 Å². The molecule has 1 fully saturated rings. The van der Waals surface area contributed by atoms with E-state index in [1.807, 2.05) is 25.1 Å². The highest BCUT2D eigenvalue weighted by atomic mass is 16.2. The van der Waals surface area contributed by atoms with Gasteiger partial charge >= 0.3 is 6.03 Å². The van der Waals surface area contributed by atoms with Crippen LogP contribution >= 0.6 is 0 Å². The summed E-state index contributed by atoms with van der Waals surface area (Å²) in [4.78, 5) is 24.0. The molecule has 0 spiro atoms. The molecule has 0 radical (unpaired) electrons. The third kappa shape index (κ3) is 3.67. The van der Waals surface area contributed by atoms with Crippen molar-refractivity contribution in [2.24, 2.45) is 5.92 Å². The fourth-order valence-electron chi connectivity index (χ4n) is 3.07. The Morgan fingerprint density at radius 3 is 2.58 bits per heavy atom. The van der Waals surface area contributed by atoms with Crippen LogP contribution in [0, 0.1) is 5.92 Å². The van der Waals surface area contributed by atoms with Crippen LogP contribution in [0.3, 0.4) is 0 Å². The van der Waals surface area contributed by atoms with Gasteiger partial charge in [-0.2, -0.15) is 0 Å². The quantitative estimate of drug-likeness (QED) is 0.883. The van der Waals surface area contributed by atoms with E-state index in [-0.39, 0.29) is 17.6 Å². The van der Waals surface area contributed by atoms with E-state index in [1.54, 1.807) is 16.8 Å². The summed E-state index contributed by atoms with van der Waals surface area (Å²) in [6.45, 7) is 2.47. The highest BCUT2D eigenvalue weighted by molar-refractivity contribution is 5.89. The van der Waals surface area contributed by atoms with Crippen molar-refractivity contribution in [3.8, 4) is 0 Å². The summed E-state index contributed by atoms with van der Waals surface area (Å²) in [5.74, 6) is 0.489. The molecule has 0 bridgehead atoms. The van der Waals surface area contributed by atoms with E-state index in [2.05, 4.69) is 22.8 Å². The van der Waals surface area contributed by atoms with Gasteiger partial charge in [-0.25, -0.2) is 4.79 Å². The molecule has 1 atom stereocenters. The standard InChI is InChI=1S/C19H23N3O2/c1-2-22-13-16(11-12-17(22)23)20-19(24)21-18(15-9-6-10-15)14-7-4-3-5-8-14/h3-5,7-8,11-13,15,18H,2,6,9-10H2,1H3,(H2,20,21,24). The van der Waals surface area contributed by atoms with Gasteiger partial charge in [0.2, 0.25) is 0 Å². The van der Waals surface area contributed by atoms with E-state index >= 15 is 0 Å². The highest BCUT2D eigenvalue weighted by Crippen LogP contribution is 2.37. The lowest BCUT2D eigenvalue weighted by Crippen LogP contribution is -2.38. The first kappa shape index (κ1) is 16.3. The van der Waals surface area contributed by atoms with Crippen LogP contribution in [0.15, 0.2) is 53.5 Å². The number of hydrogen-bond donors (Lipinski definition) is 2. The molecule has 2 N–H and O–H groups in total. The molecule has 1 saturated carbocycles. The van der Waals surface area contributed by atoms with Gasteiger partial charge in [-0.15, -0.1) is 0 Å². The predicted octanol–water partition coefficient (Wildman–Crippen LogP) is 3.53. The molecule has 3 rings (SSSR count). The van der Waals surface area contributed by atoms with E-state index in [0.29, 0.717) is 18.2 Å². The predicted molar refractivity (Wildman–Crippen MR) is 95.1 cm³/mol. The lowest BCUT2D eigenvalue weighted by Gasteiger charge is -2.34. The number of aryl methyl sites for hydroxylation is 1. The summed E-state index contributed by atoms with van der Waals surface area (Å²) in [6.07, 6.45) is 5.17. The largest absolute Gasteiger partial charge is 0.331 e. The van der Waals surface area contributed by atoms with Crippen molar-refractivity contribution < 1.29 is 4.79 Å². The summed E-state index contributed by atoms with van der Waals surface area (Å²) in [7, 11) is 0. The third-order valence-corrected chi connectivity index (χ3v) is 4.65. The number of nitrogens with zero attached hydrogens (tertiary/aromatic N) is 1. The minimum Gasteiger partial charge on any atom is -0.331 e. The van der Waals surface area contributed by atoms with Crippen molar-refractivity contribution in [3.05, 3.63) is 64.6 Å². The molecule has 1 aromatic carbocycles. The van der Waals surface area contributed by atoms with Crippen LogP contribution in [0.1, 0.15) is 37.8 Å². The van der Waals surface area contributed by atoms with Gasteiger partial charge in [0.05, 0.1) is 11.7 Å². The summed E-state index contributed by atoms with van der Waals surface area (Å²) in [5, 5.41) is 5.94. The summed E-state index contributed by atoms with van der Waals surface area (Å²) in [6, 6.07) is 13.0. The maximum Gasteiger partial charge on any atom is 0.319 e. The number of nitrogens with one attached hydrogen (secondary N) is 2. The zero-order valence-electron chi connectivity index (χ0n) is 13.9. The molecule has 2 aromatic rings. The molecule has 0 aliphatic heterocycles. The number of urea groups is 1. The van der Waals surface area contributed by atoms with E-state index in [9.17, 15) is 9.59 Å². The number of carbonyl (C=O) groups excluding carboxylic acids is 1. The maximum atomic E-state index is 12.4. The van der Waals surface area contributed by atoms with Crippen molar-refractivity contribution in [3.63, 3.8) is 0 Å². The smallest absolute Gasteiger partial charge is 0.319 e. The van der Waals surface area contributed by atoms with Gasteiger partial charge in [-0.05, 0) is 37.3 Å². The average Bonchev–Trinajstić information content (AvgIpc) is 2.55. The number of benzene rings is 1. The molecule has 1 aliphatic carbocycles. The molecule has 5 nitrogen and oxygen atoms in total. The molecule has 1 aliphatic rings. The molecule has 24 heavy (non-hydrogen) atoms. The first-order valence-electron chi connectivity index (χ1n) is 8.50. The second-order valence-electron chi connectivity index (χ2n) is 6.22. The van der Waals surface area contributed by atoms with Crippen molar-refractivity contribution in [1.82, 2.24) is 9.88 Å². The van der Waals surface area contributed by atoms with Gasteiger partial charge in [-0.3, -0.25) is 4.79 Å². The molecular formula is C19H23N3O2. The van der Waals surface area contributed by atoms with Crippen LogP contribution < -0.4 is 16.2 Å². The van der Waals surface area contributed by atoms with Gasteiger partial charge in [0.1, 0.15) is 0 Å². The van der Waals surface area contributed by atoms with Crippen LogP contribution in [0.2, 0.25) is 0 Å². The fourth-order valence-corrected chi connectivity index (χ4v) is 3.07. The summed E-state index contributed by atoms with van der Waals surface area (Å²) < 4.78 is 1.57. The van der Waals surface area contributed by atoms with E-state index < -0.39 is 0 Å². The number of anilines is 1. The second kappa shape index (κ2) is 7.34. The van der Waals surface area contributed by atoms with Gasteiger partial charge in [0, 0.05) is 18.8 Å². The molecule has 126 valence electrons. The Bertz CT molecular complexity index is 751. The molecule has 5 heteroatoms. The zero-order valence-corrected chi connectivity index (χ0v) is 13.9. The van der Waals surface area contributed by atoms with Crippen molar-refractivity contribution in [2.45, 2.75) is 38.8 Å². The fraction of sp³-hybridized carbons (Fsp3) is 0.368. The molecule has 1 heterocycles. The van der Waals surface area contributed by atoms with Crippen LogP contribution in [0.25, 0.3) is 0 Å². The summed E-state index contributed by atoms with van der Waals surface area (Å²) >= 11 is 0.